The van der Waals surface area contributed by atoms with Crippen molar-refractivity contribution in [2.24, 2.45) is 0 Å². The molecular formula is C10H18N4O4S. The number of anilines is 1. The van der Waals surface area contributed by atoms with E-state index in [2.05, 4.69) is 20.2 Å². The standard InChI is InChI=1S/C10H18N4O4S/c1-2-17-6-7-19(15,16)14-10-13-12-9(18-10)8-4-3-5-11-8/h8,11H,2-7H2,1H3,(H,13,14). The molecule has 9 heteroatoms. The van der Waals surface area contributed by atoms with Crippen molar-refractivity contribution >= 4 is 16.0 Å². The molecule has 1 atom stereocenters. The van der Waals surface area contributed by atoms with Gasteiger partial charge in [-0.05, 0) is 26.3 Å². The molecule has 0 spiro atoms. The van der Waals surface area contributed by atoms with Gasteiger partial charge in [0, 0.05) is 6.61 Å². The van der Waals surface area contributed by atoms with E-state index in [0.29, 0.717) is 12.5 Å². The van der Waals surface area contributed by atoms with Gasteiger partial charge in [0.25, 0.3) is 0 Å². The zero-order valence-electron chi connectivity index (χ0n) is 10.8. The topological polar surface area (TPSA) is 106 Å². The summed E-state index contributed by atoms with van der Waals surface area (Å²) in [6.45, 7) is 3.33. The Labute approximate surface area is 112 Å². The number of aromatic nitrogens is 2. The normalized spacial score (nSPS) is 19.7. The monoisotopic (exact) mass is 290 g/mol. The van der Waals surface area contributed by atoms with Crippen molar-refractivity contribution in [3.8, 4) is 0 Å². The van der Waals surface area contributed by atoms with Crippen LogP contribution < -0.4 is 10.0 Å². The molecule has 0 aromatic carbocycles. The van der Waals surface area contributed by atoms with Crippen LogP contribution in [0.4, 0.5) is 6.01 Å². The fourth-order valence-corrected chi connectivity index (χ4v) is 2.60. The van der Waals surface area contributed by atoms with Gasteiger partial charge in [0.1, 0.15) is 0 Å². The van der Waals surface area contributed by atoms with Crippen molar-refractivity contribution in [2.45, 2.75) is 25.8 Å². The van der Waals surface area contributed by atoms with Gasteiger partial charge in [-0.15, -0.1) is 5.10 Å². The van der Waals surface area contributed by atoms with E-state index in [4.69, 9.17) is 9.15 Å². The van der Waals surface area contributed by atoms with E-state index >= 15 is 0 Å². The van der Waals surface area contributed by atoms with E-state index < -0.39 is 10.0 Å². The minimum Gasteiger partial charge on any atom is -0.406 e. The first-order chi connectivity index (χ1) is 9.11. The van der Waals surface area contributed by atoms with E-state index in [0.717, 1.165) is 19.4 Å². The summed E-state index contributed by atoms with van der Waals surface area (Å²) in [7, 11) is -3.51. The molecule has 1 aromatic heterocycles. The molecule has 2 heterocycles. The Morgan fingerprint density at radius 3 is 3.05 bits per heavy atom. The van der Waals surface area contributed by atoms with Crippen LogP contribution in [0.15, 0.2) is 4.42 Å². The van der Waals surface area contributed by atoms with Crippen molar-refractivity contribution in [3.05, 3.63) is 5.89 Å². The van der Waals surface area contributed by atoms with Crippen LogP contribution in [-0.4, -0.2) is 44.1 Å². The molecule has 1 aliphatic rings. The summed E-state index contributed by atoms with van der Waals surface area (Å²) in [6, 6.07) is -0.0747. The Bertz CT molecular complexity index is 495. The molecule has 1 unspecified atom stereocenters. The van der Waals surface area contributed by atoms with E-state index in [1.807, 2.05) is 0 Å². The third kappa shape index (κ3) is 4.15. The summed E-state index contributed by atoms with van der Waals surface area (Å²) in [5, 5.41) is 10.7. The maximum Gasteiger partial charge on any atom is 0.329 e. The third-order valence-corrected chi connectivity index (χ3v) is 3.93. The Morgan fingerprint density at radius 2 is 2.37 bits per heavy atom. The number of ether oxygens (including phenoxy) is 1. The molecule has 1 fully saturated rings. The van der Waals surface area contributed by atoms with Crippen LogP contribution in [0.25, 0.3) is 0 Å². The average Bonchev–Trinajstić information content (AvgIpc) is 2.98. The van der Waals surface area contributed by atoms with Crippen molar-refractivity contribution in [3.63, 3.8) is 0 Å². The summed E-state index contributed by atoms with van der Waals surface area (Å²) in [4.78, 5) is 0. The average molecular weight is 290 g/mol. The highest BCUT2D eigenvalue weighted by molar-refractivity contribution is 7.92. The van der Waals surface area contributed by atoms with E-state index in [1.165, 1.54) is 0 Å². The molecule has 0 aliphatic carbocycles. The summed E-state index contributed by atoms with van der Waals surface area (Å²) in [5.74, 6) is 0.278. The van der Waals surface area contributed by atoms with Gasteiger partial charge in [-0.2, -0.15) is 0 Å². The van der Waals surface area contributed by atoms with E-state index in [1.54, 1.807) is 6.92 Å². The smallest absolute Gasteiger partial charge is 0.329 e. The number of nitrogens with zero attached hydrogens (tertiary/aromatic N) is 2. The Balaban J connectivity index is 1.91. The minimum absolute atomic E-state index is 0.0224. The van der Waals surface area contributed by atoms with Gasteiger partial charge in [0.2, 0.25) is 15.9 Å². The molecule has 0 bridgehead atoms. The largest absolute Gasteiger partial charge is 0.406 e. The van der Waals surface area contributed by atoms with Gasteiger partial charge >= 0.3 is 6.01 Å². The summed E-state index contributed by atoms with van der Waals surface area (Å²) in [6.07, 6.45) is 1.96. The summed E-state index contributed by atoms with van der Waals surface area (Å²) in [5.41, 5.74) is 0. The van der Waals surface area contributed by atoms with E-state index in [-0.39, 0.29) is 24.4 Å². The SMILES string of the molecule is CCOCCS(=O)(=O)Nc1nnc(C2CCCN2)o1. The predicted molar refractivity (Wildman–Crippen MR) is 68.2 cm³/mol. The van der Waals surface area contributed by atoms with Gasteiger partial charge in [0.05, 0.1) is 18.4 Å². The van der Waals surface area contributed by atoms with Gasteiger partial charge < -0.3 is 14.5 Å². The molecular weight excluding hydrogens is 272 g/mol. The lowest BCUT2D eigenvalue weighted by molar-refractivity contribution is 0.163. The first-order valence-corrected chi connectivity index (χ1v) is 7.91. The molecule has 0 radical (unpaired) electrons. The lowest BCUT2D eigenvalue weighted by atomic mass is 10.2. The minimum atomic E-state index is -3.51. The first-order valence-electron chi connectivity index (χ1n) is 6.26. The Morgan fingerprint density at radius 1 is 1.53 bits per heavy atom. The molecule has 1 saturated heterocycles. The van der Waals surface area contributed by atoms with Crippen LogP contribution in [0.1, 0.15) is 31.7 Å². The highest BCUT2D eigenvalue weighted by Crippen LogP contribution is 2.23. The van der Waals surface area contributed by atoms with Crippen molar-refractivity contribution < 1.29 is 17.6 Å². The molecule has 2 N–H and O–H groups in total. The second-order valence-corrected chi connectivity index (χ2v) is 6.05. The molecule has 2 rings (SSSR count). The van der Waals surface area contributed by atoms with Gasteiger partial charge in [-0.1, -0.05) is 5.10 Å². The fourth-order valence-electron chi connectivity index (χ4n) is 1.81. The highest BCUT2D eigenvalue weighted by Gasteiger charge is 2.23. The molecule has 1 aromatic rings. The van der Waals surface area contributed by atoms with Crippen LogP contribution in [0.2, 0.25) is 0 Å². The molecule has 1 aliphatic heterocycles. The van der Waals surface area contributed by atoms with Gasteiger partial charge in [-0.3, -0.25) is 0 Å². The van der Waals surface area contributed by atoms with Crippen LogP contribution in [-0.2, 0) is 14.8 Å². The lowest BCUT2D eigenvalue weighted by Crippen LogP contribution is -2.20. The first kappa shape index (κ1) is 14.2. The quantitative estimate of drug-likeness (QED) is 0.694. The van der Waals surface area contributed by atoms with Crippen LogP contribution in [0, 0.1) is 0 Å². The third-order valence-electron chi connectivity index (χ3n) is 2.74. The second kappa shape index (κ2) is 6.31. The summed E-state index contributed by atoms with van der Waals surface area (Å²) < 4.78 is 35.9. The molecule has 0 saturated carbocycles. The van der Waals surface area contributed by atoms with Crippen molar-refractivity contribution in [1.82, 2.24) is 15.5 Å². The number of sulfonamides is 1. The van der Waals surface area contributed by atoms with Crippen LogP contribution in [0.5, 0.6) is 0 Å². The van der Waals surface area contributed by atoms with Gasteiger partial charge in [0.15, 0.2) is 0 Å². The fraction of sp³-hybridized carbons (Fsp3) is 0.800. The summed E-state index contributed by atoms with van der Waals surface area (Å²) >= 11 is 0. The molecule has 19 heavy (non-hydrogen) atoms. The second-order valence-electron chi connectivity index (χ2n) is 4.21. The van der Waals surface area contributed by atoms with Crippen molar-refractivity contribution in [1.29, 1.82) is 0 Å². The molecule has 0 amide bonds. The maximum absolute atomic E-state index is 11.7. The van der Waals surface area contributed by atoms with Crippen LogP contribution in [0.3, 0.4) is 0 Å². The maximum atomic E-state index is 11.7. The number of rotatable bonds is 7. The van der Waals surface area contributed by atoms with Crippen molar-refractivity contribution in [2.75, 3.05) is 30.2 Å². The number of hydrogen-bond donors (Lipinski definition) is 2. The number of hydrogen-bond acceptors (Lipinski definition) is 7. The Kier molecular flexibility index (Phi) is 4.72. The van der Waals surface area contributed by atoms with E-state index in [9.17, 15) is 8.42 Å². The highest BCUT2D eigenvalue weighted by atomic mass is 32.2. The lowest BCUT2D eigenvalue weighted by Gasteiger charge is -2.04. The zero-order chi connectivity index (χ0) is 13.7. The Hall–Kier alpha value is -1.19. The zero-order valence-corrected chi connectivity index (χ0v) is 11.6. The number of nitrogens with one attached hydrogen (secondary N) is 2. The van der Waals surface area contributed by atoms with Crippen LogP contribution >= 0.6 is 0 Å². The van der Waals surface area contributed by atoms with Gasteiger partial charge in [-0.25, -0.2) is 13.1 Å². The molecule has 8 nitrogen and oxygen atoms in total. The predicted octanol–water partition coefficient (Wildman–Crippen LogP) is 0.272. The molecule has 108 valence electrons.